The van der Waals surface area contributed by atoms with Crippen LogP contribution in [0.1, 0.15) is 32.3 Å². The number of nitrogens with zero attached hydrogens (tertiary/aromatic N) is 2. The lowest BCUT2D eigenvalue weighted by atomic mass is 9.99. The van der Waals surface area contributed by atoms with E-state index >= 15 is 4.39 Å². The summed E-state index contributed by atoms with van der Waals surface area (Å²) < 4.78 is 43.2. The zero-order valence-corrected chi connectivity index (χ0v) is 18.9. The van der Waals surface area contributed by atoms with Crippen LogP contribution in [0.5, 0.6) is 0 Å². The summed E-state index contributed by atoms with van der Waals surface area (Å²) in [5, 5.41) is 0.0846. The molecule has 0 unspecified atom stereocenters. The SMILES string of the molecule is CCn1cc(S(=O)(=O)c2ccc(C)cc2)c(=O)c2cc(F)c(N3CCC[C@@H](C)C3)cc21. The lowest BCUT2D eigenvalue weighted by Gasteiger charge is -2.33. The first-order valence-corrected chi connectivity index (χ1v) is 12.1. The number of fused-ring (bicyclic) bond motifs is 1. The number of rotatable bonds is 4. The van der Waals surface area contributed by atoms with Gasteiger partial charge >= 0.3 is 0 Å². The predicted molar refractivity (Wildman–Crippen MR) is 121 cm³/mol. The van der Waals surface area contributed by atoms with Crippen LogP contribution in [-0.4, -0.2) is 26.1 Å². The van der Waals surface area contributed by atoms with Crippen molar-refractivity contribution in [3.63, 3.8) is 0 Å². The predicted octanol–water partition coefficient (Wildman–Crippen LogP) is 4.54. The van der Waals surface area contributed by atoms with Crippen LogP contribution in [0.2, 0.25) is 0 Å². The number of anilines is 1. The average molecular weight is 443 g/mol. The Morgan fingerprint density at radius 1 is 1.16 bits per heavy atom. The molecule has 4 rings (SSSR count). The van der Waals surface area contributed by atoms with E-state index in [4.69, 9.17) is 0 Å². The van der Waals surface area contributed by atoms with Crippen molar-refractivity contribution >= 4 is 26.4 Å². The van der Waals surface area contributed by atoms with Crippen molar-refractivity contribution in [2.45, 2.75) is 49.9 Å². The van der Waals surface area contributed by atoms with Crippen molar-refractivity contribution in [3.8, 4) is 0 Å². The Labute approximate surface area is 182 Å². The molecule has 1 aliphatic rings. The minimum Gasteiger partial charge on any atom is -0.369 e. The standard InChI is InChI=1S/C24H27FN2O3S/c1-4-26-15-23(31(29,30)18-9-7-16(2)8-10-18)24(28)19-12-20(25)22(13-21(19)26)27-11-5-6-17(3)14-27/h7-10,12-13,15,17H,4-6,11,14H2,1-3H3/t17-/m1/s1. The van der Waals surface area contributed by atoms with Gasteiger partial charge < -0.3 is 9.47 Å². The summed E-state index contributed by atoms with van der Waals surface area (Å²) in [6.07, 6.45) is 3.50. The van der Waals surface area contributed by atoms with E-state index < -0.39 is 21.1 Å². The summed E-state index contributed by atoms with van der Waals surface area (Å²) in [6, 6.07) is 9.26. The van der Waals surface area contributed by atoms with Crippen molar-refractivity contribution in [3.05, 3.63) is 64.2 Å². The quantitative estimate of drug-likeness (QED) is 0.595. The van der Waals surface area contributed by atoms with Gasteiger partial charge in [0.05, 0.1) is 21.5 Å². The number of pyridine rings is 1. The van der Waals surface area contributed by atoms with Crippen LogP contribution in [0.3, 0.4) is 0 Å². The maximum absolute atomic E-state index is 15.1. The number of piperidine rings is 1. The van der Waals surface area contributed by atoms with Crippen LogP contribution in [0.15, 0.2) is 57.2 Å². The molecule has 7 heteroatoms. The number of sulfone groups is 1. The minimum absolute atomic E-state index is 0.0524. The molecule has 1 atom stereocenters. The summed E-state index contributed by atoms with van der Waals surface area (Å²) in [5.41, 5.74) is 1.27. The van der Waals surface area contributed by atoms with Gasteiger partial charge in [0.25, 0.3) is 0 Å². The average Bonchev–Trinajstić information content (AvgIpc) is 2.74. The number of hydrogen-bond donors (Lipinski definition) is 0. The van der Waals surface area contributed by atoms with E-state index in [0.29, 0.717) is 23.7 Å². The maximum atomic E-state index is 15.1. The van der Waals surface area contributed by atoms with Crippen molar-refractivity contribution < 1.29 is 12.8 Å². The van der Waals surface area contributed by atoms with Gasteiger partial charge in [-0.2, -0.15) is 0 Å². The van der Waals surface area contributed by atoms with Crippen LogP contribution in [0, 0.1) is 18.7 Å². The number of halogens is 1. The van der Waals surface area contributed by atoms with E-state index in [-0.39, 0.29) is 15.2 Å². The van der Waals surface area contributed by atoms with E-state index in [1.165, 1.54) is 24.4 Å². The van der Waals surface area contributed by atoms with Crippen molar-refractivity contribution in [1.82, 2.24) is 4.57 Å². The van der Waals surface area contributed by atoms with Crippen LogP contribution in [0.4, 0.5) is 10.1 Å². The minimum atomic E-state index is -4.03. The van der Waals surface area contributed by atoms with Crippen molar-refractivity contribution in [2.24, 2.45) is 5.92 Å². The molecule has 164 valence electrons. The normalized spacial score (nSPS) is 17.3. The molecule has 2 heterocycles. The molecule has 2 aromatic carbocycles. The van der Waals surface area contributed by atoms with E-state index in [9.17, 15) is 13.2 Å². The maximum Gasteiger partial charge on any atom is 0.211 e. The van der Waals surface area contributed by atoms with Gasteiger partial charge in [-0.25, -0.2) is 12.8 Å². The molecule has 0 spiro atoms. The fourth-order valence-electron chi connectivity index (χ4n) is 4.32. The van der Waals surface area contributed by atoms with Crippen LogP contribution in [0.25, 0.3) is 10.9 Å². The third-order valence-electron chi connectivity index (χ3n) is 6.08. The molecule has 3 aromatic rings. The summed E-state index contributed by atoms with van der Waals surface area (Å²) in [4.78, 5) is 14.9. The lowest BCUT2D eigenvalue weighted by molar-refractivity contribution is 0.442. The number of benzene rings is 2. The largest absolute Gasteiger partial charge is 0.369 e. The first-order valence-electron chi connectivity index (χ1n) is 10.7. The van der Waals surface area contributed by atoms with Gasteiger partial charge in [0, 0.05) is 25.8 Å². The molecule has 0 bridgehead atoms. The molecule has 0 aliphatic carbocycles. The second-order valence-corrected chi connectivity index (χ2v) is 10.4. The highest BCUT2D eigenvalue weighted by molar-refractivity contribution is 7.91. The molecule has 0 amide bonds. The third-order valence-corrected chi connectivity index (χ3v) is 7.84. The van der Waals surface area contributed by atoms with E-state index in [1.54, 1.807) is 22.8 Å². The molecule has 31 heavy (non-hydrogen) atoms. The van der Waals surface area contributed by atoms with E-state index in [2.05, 4.69) is 6.92 Å². The molecule has 1 fully saturated rings. The monoisotopic (exact) mass is 442 g/mol. The molecule has 1 aromatic heterocycles. The van der Waals surface area contributed by atoms with Crippen LogP contribution >= 0.6 is 0 Å². The molecule has 1 aliphatic heterocycles. The highest BCUT2D eigenvalue weighted by Crippen LogP contribution is 2.30. The van der Waals surface area contributed by atoms with Gasteiger partial charge in [0.2, 0.25) is 15.3 Å². The van der Waals surface area contributed by atoms with Gasteiger partial charge in [0.15, 0.2) is 0 Å². The summed E-state index contributed by atoms with van der Waals surface area (Å²) >= 11 is 0. The van der Waals surface area contributed by atoms with Crippen molar-refractivity contribution in [1.29, 1.82) is 0 Å². The Bertz CT molecular complexity index is 1300. The zero-order valence-electron chi connectivity index (χ0n) is 18.1. The smallest absolute Gasteiger partial charge is 0.211 e. The highest BCUT2D eigenvalue weighted by atomic mass is 32.2. The second-order valence-electron chi connectivity index (χ2n) is 8.44. The van der Waals surface area contributed by atoms with Gasteiger partial charge in [-0.1, -0.05) is 24.6 Å². The molecule has 1 saturated heterocycles. The Morgan fingerprint density at radius 3 is 2.52 bits per heavy atom. The number of hydrogen-bond acceptors (Lipinski definition) is 4. The molecule has 0 saturated carbocycles. The molecule has 5 nitrogen and oxygen atoms in total. The van der Waals surface area contributed by atoms with Gasteiger partial charge in [0.1, 0.15) is 10.7 Å². The molecule has 0 radical (unpaired) electrons. The molecule has 0 N–H and O–H groups in total. The van der Waals surface area contributed by atoms with Crippen LogP contribution in [-0.2, 0) is 16.4 Å². The third kappa shape index (κ3) is 3.87. The molecular weight excluding hydrogens is 415 g/mol. The van der Waals surface area contributed by atoms with E-state index in [1.807, 2.05) is 18.7 Å². The number of aromatic nitrogens is 1. The second kappa shape index (κ2) is 8.11. The highest BCUT2D eigenvalue weighted by Gasteiger charge is 2.26. The number of aryl methyl sites for hydroxylation is 2. The van der Waals surface area contributed by atoms with Crippen LogP contribution < -0.4 is 10.3 Å². The topological polar surface area (TPSA) is 59.4 Å². The Balaban J connectivity index is 1.91. The summed E-state index contributed by atoms with van der Waals surface area (Å²) in [6.45, 7) is 7.86. The van der Waals surface area contributed by atoms with Gasteiger partial charge in [-0.15, -0.1) is 0 Å². The fourth-order valence-corrected chi connectivity index (χ4v) is 5.69. The summed E-state index contributed by atoms with van der Waals surface area (Å²) in [5.74, 6) is -0.0227. The van der Waals surface area contributed by atoms with Gasteiger partial charge in [-0.05, 0) is 56.9 Å². The Morgan fingerprint density at radius 2 is 1.87 bits per heavy atom. The first kappa shape index (κ1) is 21.6. The Kier molecular flexibility index (Phi) is 5.64. The zero-order chi connectivity index (χ0) is 22.3. The Hall–Kier alpha value is -2.67. The van der Waals surface area contributed by atoms with Gasteiger partial charge in [-0.3, -0.25) is 4.79 Å². The van der Waals surface area contributed by atoms with E-state index in [0.717, 1.165) is 31.5 Å². The van der Waals surface area contributed by atoms with Crippen molar-refractivity contribution in [2.75, 3.05) is 18.0 Å². The first-order chi connectivity index (χ1) is 14.7. The molecular formula is C24H27FN2O3S. The lowest BCUT2D eigenvalue weighted by Crippen LogP contribution is -2.35. The fraction of sp³-hybridized carbons (Fsp3) is 0.375. The summed E-state index contributed by atoms with van der Waals surface area (Å²) in [7, 11) is -4.03.